The average molecular weight is 501 g/mol. The summed E-state index contributed by atoms with van der Waals surface area (Å²) in [6, 6.07) is 9.10. The number of hydrogen-bond acceptors (Lipinski definition) is 7. The van der Waals surface area contributed by atoms with Gasteiger partial charge in [-0.25, -0.2) is 0 Å². The molecule has 2 unspecified atom stereocenters. The smallest absolute Gasteiger partial charge is 0.332 e. The van der Waals surface area contributed by atoms with Crippen LogP contribution in [-0.4, -0.2) is 67.5 Å². The number of halogens is 1. The number of nitrogens with zero attached hydrogens (tertiary/aromatic N) is 2. The molecule has 7 nitrogen and oxygen atoms in total. The maximum Gasteiger partial charge on any atom is 0.332 e. The molecule has 0 radical (unpaired) electrons. The van der Waals surface area contributed by atoms with E-state index in [9.17, 15) is 22.5 Å². The first-order chi connectivity index (χ1) is 16.6. The molecule has 2 N–H and O–H groups in total. The Bertz CT molecular complexity index is 1330. The van der Waals surface area contributed by atoms with Crippen LogP contribution in [0.1, 0.15) is 30.4 Å². The van der Waals surface area contributed by atoms with Crippen molar-refractivity contribution < 1.29 is 27.3 Å². The molecule has 6 rings (SSSR count). The molecule has 2 aliphatic carbocycles. The minimum absolute atomic E-state index is 0.0637. The fourth-order valence-corrected chi connectivity index (χ4v) is 7.93. The Morgan fingerprint density at radius 2 is 2.11 bits per heavy atom. The summed E-state index contributed by atoms with van der Waals surface area (Å²) in [7, 11) is -3.00. The van der Waals surface area contributed by atoms with Crippen LogP contribution in [0.3, 0.4) is 0 Å². The van der Waals surface area contributed by atoms with E-state index >= 15 is 0 Å². The lowest BCUT2D eigenvalue weighted by Gasteiger charge is -2.64. The van der Waals surface area contributed by atoms with Crippen molar-refractivity contribution in [3.8, 4) is 11.5 Å². The number of piperidine rings is 1. The fraction of sp³-hybridized carbons (Fsp3) is 0.462. The largest absolute Gasteiger partial charge is 0.504 e. The number of aromatic hydroxyl groups is 1. The van der Waals surface area contributed by atoms with Crippen LogP contribution in [0, 0.1) is 0 Å². The maximum atomic E-state index is 13.7. The number of anilines is 1. The lowest BCUT2D eigenvalue weighted by atomic mass is 9.48. The standard InChI is InChI=1S/C26H29FN2O5S/c1-3-12-29-13-11-25-22-16-7-8-20(30)23(22)34-24(25)19(9-10-26(25,31)21(29)14-16)28(2)17-5-4-6-18(15-17)35(27,32)33/h3-8,15,19,21,24,30-31H,1,9-14H2,2H3/t19-,21?,24?,25+,26-/m1/s1. The lowest BCUT2D eigenvalue weighted by molar-refractivity contribution is -0.187. The zero-order valence-corrected chi connectivity index (χ0v) is 20.3. The van der Waals surface area contributed by atoms with Crippen LogP contribution in [0.5, 0.6) is 11.5 Å². The highest BCUT2D eigenvalue weighted by Crippen LogP contribution is 2.65. The number of likely N-dealkylation sites (N-methyl/N-ethyl adjacent to an activating group) is 1. The summed E-state index contributed by atoms with van der Waals surface area (Å²) in [6.45, 7) is 5.35. The molecule has 2 fully saturated rings. The van der Waals surface area contributed by atoms with E-state index in [0.717, 1.165) is 17.7 Å². The van der Waals surface area contributed by atoms with Crippen molar-refractivity contribution >= 4 is 15.9 Å². The van der Waals surface area contributed by atoms with Crippen molar-refractivity contribution in [2.45, 2.75) is 59.8 Å². The van der Waals surface area contributed by atoms with Crippen LogP contribution in [-0.2, 0) is 22.1 Å². The van der Waals surface area contributed by atoms with Crippen molar-refractivity contribution in [3.05, 3.63) is 60.2 Å². The van der Waals surface area contributed by atoms with Crippen LogP contribution in [0.4, 0.5) is 9.57 Å². The van der Waals surface area contributed by atoms with E-state index in [4.69, 9.17) is 4.74 Å². The van der Waals surface area contributed by atoms with Crippen molar-refractivity contribution in [1.82, 2.24) is 4.90 Å². The number of phenolic OH excluding ortho intramolecular Hbond substituents is 1. The Balaban J connectivity index is 1.48. The number of phenols is 1. The molecule has 2 bridgehead atoms. The third-order valence-electron chi connectivity index (χ3n) is 8.91. The van der Waals surface area contributed by atoms with Crippen LogP contribution in [0.15, 0.2) is 53.9 Å². The fourth-order valence-electron chi connectivity index (χ4n) is 7.43. The van der Waals surface area contributed by atoms with E-state index in [-0.39, 0.29) is 17.8 Å². The normalized spacial score (nSPS) is 33.1. The number of likely N-dealkylation sites (tertiary alicyclic amines) is 1. The number of rotatable bonds is 5. The van der Waals surface area contributed by atoms with Gasteiger partial charge in [0.15, 0.2) is 11.5 Å². The van der Waals surface area contributed by atoms with E-state index in [0.29, 0.717) is 43.7 Å². The molecule has 2 aliphatic heterocycles. The quantitative estimate of drug-likeness (QED) is 0.482. The SMILES string of the molecule is C=CCN1CC[C@]23c4c5ccc(O)c4OC2[C@H](N(C)c2cccc(S(=O)(=O)F)c2)CC[C@@]3(O)C1C5. The number of aliphatic hydroxyl groups is 1. The first kappa shape index (κ1) is 22.8. The summed E-state index contributed by atoms with van der Waals surface area (Å²) in [5.74, 6) is 0.510. The predicted octanol–water partition coefficient (Wildman–Crippen LogP) is 2.90. The number of hydrogen-bond donors (Lipinski definition) is 2. The molecule has 2 aromatic carbocycles. The van der Waals surface area contributed by atoms with E-state index < -0.39 is 32.2 Å². The molecule has 1 spiro atoms. The molecule has 35 heavy (non-hydrogen) atoms. The third-order valence-corrected chi connectivity index (χ3v) is 9.73. The topological polar surface area (TPSA) is 90.3 Å². The van der Waals surface area contributed by atoms with Crippen molar-refractivity contribution in [1.29, 1.82) is 0 Å². The van der Waals surface area contributed by atoms with E-state index in [1.807, 2.05) is 24.1 Å². The van der Waals surface area contributed by atoms with Gasteiger partial charge in [0.2, 0.25) is 0 Å². The molecule has 1 saturated carbocycles. The van der Waals surface area contributed by atoms with Crippen molar-refractivity contribution in [3.63, 3.8) is 0 Å². The van der Waals surface area contributed by atoms with Gasteiger partial charge in [0.05, 0.1) is 17.1 Å². The second-order valence-corrected chi connectivity index (χ2v) is 11.6. The van der Waals surface area contributed by atoms with Crippen LogP contribution >= 0.6 is 0 Å². The Labute approximate surface area is 204 Å². The Morgan fingerprint density at radius 3 is 2.86 bits per heavy atom. The van der Waals surface area contributed by atoms with Gasteiger partial charge in [-0.05, 0) is 62.1 Å². The van der Waals surface area contributed by atoms with Gasteiger partial charge in [-0.2, -0.15) is 8.42 Å². The Hall–Kier alpha value is -2.62. The van der Waals surface area contributed by atoms with E-state index in [1.165, 1.54) is 18.2 Å². The van der Waals surface area contributed by atoms with Crippen LogP contribution in [0.2, 0.25) is 0 Å². The maximum absolute atomic E-state index is 13.7. The van der Waals surface area contributed by atoms with Crippen LogP contribution in [0.25, 0.3) is 0 Å². The van der Waals surface area contributed by atoms with Gasteiger partial charge in [-0.1, -0.05) is 18.2 Å². The van der Waals surface area contributed by atoms with E-state index in [2.05, 4.69) is 11.5 Å². The molecule has 5 atom stereocenters. The minimum atomic E-state index is -4.84. The second-order valence-electron chi connectivity index (χ2n) is 10.3. The van der Waals surface area contributed by atoms with Crippen molar-refractivity contribution in [2.24, 2.45) is 0 Å². The summed E-state index contributed by atoms with van der Waals surface area (Å²) >= 11 is 0. The summed E-state index contributed by atoms with van der Waals surface area (Å²) in [6.07, 6.45) is 3.84. The zero-order chi connectivity index (χ0) is 24.8. The molecule has 2 heterocycles. The zero-order valence-electron chi connectivity index (χ0n) is 19.5. The summed E-state index contributed by atoms with van der Waals surface area (Å²) in [5.41, 5.74) is 0.788. The molecule has 1 saturated heterocycles. The minimum Gasteiger partial charge on any atom is -0.504 e. The molecule has 9 heteroatoms. The molecule has 0 amide bonds. The second kappa shape index (κ2) is 7.44. The highest BCUT2D eigenvalue weighted by atomic mass is 32.3. The van der Waals surface area contributed by atoms with Gasteiger partial charge in [-0.15, -0.1) is 10.5 Å². The molecule has 2 aromatic rings. The monoisotopic (exact) mass is 500 g/mol. The molecule has 186 valence electrons. The molecule has 4 aliphatic rings. The molecular formula is C26H29FN2O5S. The number of benzene rings is 2. The van der Waals surface area contributed by atoms with Gasteiger partial charge >= 0.3 is 10.2 Å². The third kappa shape index (κ3) is 2.92. The summed E-state index contributed by atoms with van der Waals surface area (Å²) in [4.78, 5) is 3.83. The Morgan fingerprint density at radius 1 is 1.31 bits per heavy atom. The average Bonchev–Trinajstić information content (AvgIpc) is 3.17. The summed E-state index contributed by atoms with van der Waals surface area (Å²) in [5, 5.41) is 23.2. The highest BCUT2D eigenvalue weighted by Gasteiger charge is 2.73. The van der Waals surface area contributed by atoms with E-state index in [1.54, 1.807) is 12.1 Å². The first-order valence-electron chi connectivity index (χ1n) is 12.0. The van der Waals surface area contributed by atoms with Gasteiger partial charge in [0, 0.05) is 30.9 Å². The predicted molar refractivity (Wildman–Crippen MR) is 129 cm³/mol. The Kier molecular flexibility index (Phi) is 4.85. The summed E-state index contributed by atoms with van der Waals surface area (Å²) < 4.78 is 43.3. The van der Waals surface area contributed by atoms with Gasteiger partial charge < -0.3 is 19.8 Å². The lowest BCUT2D eigenvalue weighted by Crippen LogP contribution is -2.78. The van der Waals surface area contributed by atoms with Gasteiger partial charge in [0.1, 0.15) is 11.0 Å². The highest BCUT2D eigenvalue weighted by molar-refractivity contribution is 7.86. The van der Waals surface area contributed by atoms with Crippen molar-refractivity contribution in [2.75, 3.05) is 25.0 Å². The first-order valence-corrected chi connectivity index (χ1v) is 13.4. The molecular weight excluding hydrogens is 471 g/mol. The molecule has 0 aromatic heterocycles. The van der Waals surface area contributed by atoms with Gasteiger partial charge in [0.25, 0.3) is 0 Å². The van der Waals surface area contributed by atoms with Gasteiger partial charge in [-0.3, -0.25) is 4.90 Å². The van der Waals surface area contributed by atoms with Crippen LogP contribution < -0.4 is 9.64 Å². The number of ether oxygens (including phenoxy) is 1.